The second kappa shape index (κ2) is 9.78. The quantitative estimate of drug-likeness (QED) is 0.461. The van der Waals surface area contributed by atoms with Gasteiger partial charge in [-0.05, 0) is 54.1 Å². The zero-order chi connectivity index (χ0) is 24.1. The number of ether oxygens (including phenoxy) is 3. The maximum absolute atomic E-state index is 13.1. The van der Waals surface area contributed by atoms with Crippen molar-refractivity contribution in [3.05, 3.63) is 89.1 Å². The van der Waals surface area contributed by atoms with E-state index in [4.69, 9.17) is 14.2 Å². The van der Waals surface area contributed by atoms with Crippen LogP contribution >= 0.6 is 0 Å². The molecule has 0 fully saturated rings. The molecule has 0 saturated carbocycles. The number of fused-ring (bicyclic) bond motifs is 1. The van der Waals surface area contributed by atoms with Gasteiger partial charge < -0.3 is 30.0 Å². The number of nitrogens with one attached hydrogen (secondary N) is 2. The summed E-state index contributed by atoms with van der Waals surface area (Å²) in [5.74, 6) is -0.901. The van der Waals surface area contributed by atoms with Crippen LogP contribution in [0.1, 0.15) is 26.3 Å². The number of para-hydroxylation sites is 1. The smallest absolute Gasteiger partial charge is 0.335 e. The second-order valence-corrected chi connectivity index (χ2v) is 7.17. The van der Waals surface area contributed by atoms with Crippen LogP contribution < -0.4 is 24.8 Å². The Balaban J connectivity index is 1.66. The molecule has 4 rings (SSSR count). The van der Waals surface area contributed by atoms with Crippen molar-refractivity contribution >= 4 is 29.5 Å². The Bertz CT molecular complexity index is 1300. The summed E-state index contributed by atoms with van der Waals surface area (Å²) >= 11 is 0. The molecular weight excluding hydrogens is 440 g/mol. The van der Waals surface area contributed by atoms with Crippen molar-refractivity contribution in [2.45, 2.75) is 0 Å². The third-order valence-corrected chi connectivity index (χ3v) is 4.92. The van der Waals surface area contributed by atoms with E-state index in [9.17, 15) is 19.5 Å². The number of amides is 2. The maximum Gasteiger partial charge on any atom is 0.335 e. The van der Waals surface area contributed by atoms with Crippen LogP contribution in [0.4, 0.5) is 5.69 Å². The molecule has 0 saturated heterocycles. The van der Waals surface area contributed by atoms with Gasteiger partial charge in [0.15, 0.2) is 11.5 Å². The summed E-state index contributed by atoms with van der Waals surface area (Å²) in [6.07, 6.45) is 1.48. The highest BCUT2D eigenvalue weighted by Gasteiger charge is 2.19. The molecule has 1 aliphatic heterocycles. The maximum atomic E-state index is 13.1. The van der Waals surface area contributed by atoms with Gasteiger partial charge in [0.1, 0.15) is 11.4 Å². The van der Waals surface area contributed by atoms with Crippen molar-refractivity contribution in [2.24, 2.45) is 0 Å². The molecule has 34 heavy (non-hydrogen) atoms. The van der Waals surface area contributed by atoms with Crippen LogP contribution in [0.25, 0.3) is 6.08 Å². The number of aromatic carboxylic acids is 1. The van der Waals surface area contributed by atoms with Gasteiger partial charge in [-0.25, -0.2) is 4.79 Å². The minimum Gasteiger partial charge on any atom is -0.496 e. The van der Waals surface area contributed by atoms with Crippen LogP contribution in [0.15, 0.2) is 72.4 Å². The Kier molecular flexibility index (Phi) is 6.45. The van der Waals surface area contributed by atoms with Gasteiger partial charge in [0.05, 0.1) is 18.2 Å². The SMILES string of the molecule is COc1ccccc1C(=O)N/C(=C/c1ccc2c(c1)OCO2)C(=O)Nc1cccc(C(=O)O)c1. The average molecular weight is 460 g/mol. The molecule has 3 aromatic rings. The number of methoxy groups -OCH3 is 1. The minimum absolute atomic E-state index is 0.0113. The van der Waals surface area contributed by atoms with E-state index in [0.717, 1.165) is 0 Å². The molecule has 0 atom stereocenters. The molecule has 0 unspecified atom stereocenters. The predicted molar refractivity (Wildman–Crippen MR) is 123 cm³/mol. The Morgan fingerprint density at radius 2 is 1.76 bits per heavy atom. The van der Waals surface area contributed by atoms with Crippen LogP contribution in [0.2, 0.25) is 0 Å². The number of carboxylic acids is 1. The van der Waals surface area contributed by atoms with Crippen LogP contribution in [-0.4, -0.2) is 36.8 Å². The summed E-state index contributed by atoms with van der Waals surface area (Å²) in [6.45, 7) is 0.0975. The van der Waals surface area contributed by atoms with E-state index in [0.29, 0.717) is 22.8 Å². The van der Waals surface area contributed by atoms with Gasteiger partial charge >= 0.3 is 5.97 Å². The fourth-order valence-electron chi connectivity index (χ4n) is 3.28. The summed E-state index contributed by atoms with van der Waals surface area (Å²) in [4.78, 5) is 37.4. The van der Waals surface area contributed by atoms with E-state index >= 15 is 0 Å². The molecule has 172 valence electrons. The lowest BCUT2D eigenvalue weighted by Crippen LogP contribution is -2.31. The first-order valence-electron chi connectivity index (χ1n) is 10.1. The van der Waals surface area contributed by atoms with Gasteiger partial charge in [0.25, 0.3) is 11.8 Å². The zero-order valence-corrected chi connectivity index (χ0v) is 18.0. The average Bonchev–Trinajstić information content (AvgIpc) is 3.31. The molecule has 1 aliphatic rings. The number of carbonyl (C=O) groups is 3. The van der Waals surface area contributed by atoms with E-state index < -0.39 is 17.8 Å². The summed E-state index contributed by atoms with van der Waals surface area (Å²) in [5, 5.41) is 14.4. The van der Waals surface area contributed by atoms with Gasteiger partial charge in [-0.2, -0.15) is 0 Å². The molecule has 0 spiro atoms. The fraction of sp³-hybridized carbons (Fsp3) is 0.0800. The van der Waals surface area contributed by atoms with Gasteiger partial charge in [0, 0.05) is 5.69 Å². The number of rotatable bonds is 7. The monoisotopic (exact) mass is 460 g/mol. The van der Waals surface area contributed by atoms with E-state index in [-0.39, 0.29) is 29.3 Å². The normalized spacial score (nSPS) is 12.1. The second-order valence-electron chi connectivity index (χ2n) is 7.17. The first kappa shape index (κ1) is 22.4. The van der Waals surface area contributed by atoms with E-state index in [1.54, 1.807) is 48.5 Å². The molecule has 0 aliphatic carbocycles. The summed E-state index contributed by atoms with van der Waals surface area (Å²) in [7, 11) is 1.44. The van der Waals surface area contributed by atoms with Gasteiger partial charge in [-0.15, -0.1) is 0 Å². The number of anilines is 1. The Morgan fingerprint density at radius 1 is 0.971 bits per heavy atom. The van der Waals surface area contributed by atoms with Gasteiger partial charge in [-0.3, -0.25) is 9.59 Å². The largest absolute Gasteiger partial charge is 0.496 e. The molecule has 3 aromatic carbocycles. The molecule has 9 heteroatoms. The summed E-state index contributed by atoms with van der Waals surface area (Å²) < 4.78 is 15.9. The highest BCUT2D eigenvalue weighted by Crippen LogP contribution is 2.33. The first-order chi connectivity index (χ1) is 16.4. The Hall–Kier alpha value is -4.79. The van der Waals surface area contributed by atoms with Crippen molar-refractivity contribution in [2.75, 3.05) is 19.2 Å². The van der Waals surface area contributed by atoms with Crippen LogP contribution in [0.3, 0.4) is 0 Å². The van der Waals surface area contributed by atoms with Crippen molar-refractivity contribution < 1.29 is 33.7 Å². The van der Waals surface area contributed by atoms with Crippen LogP contribution in [-0.2, 0) is 4.79 Å². The van der Waals surface area contributed by atoms with Crippen molar-refractivity contribution in [1.82, 2.24) is 5.32 Å². The number of carbonyl (C=O) groups excluding carboxylic acids is 2. The molecule has 9 nitrogen and oxygen atoms in total. The number of benzene rings is 3. The van der Waals surface area contributed by atoms with Crippen molar-refractivity contribution in [1.29, 1.82) is 0 Å². The Morgan fingerprint density at radius 3 is 2.56 bits per heavy atom. The highest BCUT2D eigenvalue weighted by atomic mass is 16.7. The molecule has 3 N–H and O–H groups in total. The lowest BCUT2D eigenvalue weighted by Gasteiger charge is -2.13. The number of hydrogen-bond donors (Lipinski definition) is 3. The molecule has 0 radical (unpaired) electrons. The van der Waals surface area contributed by atoms with Crippen molar-refractivity contribution in [3.8, 4) is 17.2 Å². The van der Waals surface area contributed by atoms with E-state index in [1.807, 2.05) is 0 Å². The molecule has 1 heterocycles. The topological polar surface area (TPSA) is 123 Å². The van der Waals surface area contributed by atoms with E-state index in [1.165, 1.54) is 31.4 Å². The lowest BCUT2D eigenvalue weighted by atomic mass is 10.1. The molecule has 0 aromatic heterocycles. The predicted octanol–water partition coefficient (Wildman–Crippen LogP) is 3.53. The third kappa shape index (κ3) is 4.99. The highest BCUT2D eigenvalue weighted by molar-refractivity contribution is 6.11. The molecule has 2 amide bonds. The number of hydrogen-bond acceptors (Lipinski definition) is 6. The van der Waals surface area contributed by atoms with Gasteiger partial charge in [0.2, 0.25) is 6.79 Å². The van der Waals surface area contributed by atoms with Crippen molar-refractivity contribution in [3.63, 3.8) is 0 Å². The minimum atomic E-state index is -1.13. The molecular formula is C25H20N2O7. The van der Waals surface area contributed by atoms with Gasteiger partial charge in [-0.1, -0.05) is 24.3 Å². The number of carboxylic acid groups (broad SMARTS) is 1. The standard InChI is InChI=1S/C25H20N2O7/c1-32-20-8-3-2-7-18(20)23(28)27-19(11-15-9-10-21-22(12-15)34-14-33-21)24(29)26-17-6-4-5-16(13-17)25(30)31/h2-13H,14H2,1H3,(H,26,29)(H,27,28)(H,30,31)/b19-11+. The zero-order valence-electron chi connectivity index (χ0n) is 18.0. The third-order valence-electron chi connectivity index (χ3n) is 4.92. The molecule has 0 bridgehead atoms. The summed E-state index contributed by atoms with van der Waals surface area (Å²) in [5.41, 5.74) is 1.01. The van der Waals surface area contributed by atoms with Crippen LogP contribution in [0, 0.1) is 0 Å². The Labute approximate surface area is 194 Å². The van der Waals surface area contributed by atoms with Crippen LogP contribution in [0.5, 0.6) is 17.2 Å². The fourth-order valence-corrected chi connectivity index (χ4v) is 3.28. The first-order valence-corrected chi connectivity index (χ1v) is 10.1. The lowest BCUT2D eigenvalue weighted by molar-refractivity contribution is -0.113. The van der Waals surface area contributed by atoms with E-state index in [2.05, 4.69) is 10.6 Å². The summed E-state index contributed by atoms with van der Waals surface area (Å²) in [6, 6.07) is 17.5.